The van der Waals surface area contributed by atoms with Gasteiger partial charge in [0.1, 0.15) is 36.3 Å². The molecule has 2 saturated heterocycles. The van der Waals surface area contributed by atoms with Crippen molar-refractivity contribution in [2.24, 2.45) is 5.11 Å². The van der Waals surface area contributed by atoms with Crippen molar-refractivity contribution >= 4 is 25.5 Å². The molecule has 2 fully saturated rings. The maximum Gasteiger partial charge on any atom is 1.00 e. The van der Waals surface area contributed by atoms with Crippen molar-refractivity contribution in [3.05, 3.63) is 33.2 Å². The average Bonchev–Trinajstić information content (AvgIpc) is 3.19. The summed E-state index contributed by atoms with van der Waals surface area (Å²) in [4.78, 5) is 54.6. The van der Waals surface area contributed by atoms with E-state index in [1.165, 1.54) is 6.07 Å². The van der Waals surface area contributed by atoms with Gasteiger partial charge >= 0.3 is 41.2 Å². The number of carbonyl (C=O) groups is 2. The van der Waals surface area contributed by atoms with E-state index in [0.717, 1.165) is 17.7 Å². The number of carboxylic acids is 1. The third-order valence-electron chi connectivity index (χ3n) is 6.45. The quantitative estimate of drug-likeness (QED) is 0.0339. The fraction of sp³-hybridized carbons (Fsp3) is 0.700. The molecule has 3 heterocycles. The topological polar surface area (TPSA) is 354 Å². The molecule has 2 unspecified atom stereocenters. The zero-order chi connectivity index (χ0) is 32.3. The van der Waals surface area contributed by atoms with Gasteiger partial charge in [0.15, 0.2) is 6.23 Å². The summed E-state index contributed by atoms with van der Waals surface area (Å²) in [6, 6.07) is -0.420. The van der Waals surface area contributed by atoms with Gasteiger partial charge in [-0.1, -0.05) is 5.11 Å². The molecule has 0 bridgehead atoms. The molecule has 11 atom stereocenters. The Morgan fingerprint density at radius 2 is 2.05 bits per heavy atom. The Bertz CT molecular complexity index is 1350. The number of hydrogen-bond donors (Lipinski definition) is 8. The first-order valence-electron chi connectivity index (χ1n) is 12.3. The average molecular weight is 661 g/mol. The van der Waals surface area contributed by atoms with Crippen LogP contribution in [-0.2, 0) is 32.7 Å². The second kappa shape index (κ2) is 15.4. The molecule has 0 aliphatic carbocycles. The summed E-state index contributed by atoms with van der Waals surface area (Å²) in [6.45, 7) is -0.848. The van der Waals surface area contributed by atoms with Crippen molar-refractivity contribution < 1.29 is 97.8 Å². The summed E-state index contributed by atoms with van der Waals surface area (Å²) in [6.07, 6.45) is -15.0. The summed E-state index contributed by atoms with van der Waals surface area (Å²) in [5.74, 6) is -6.37. The second-order valence-corrected chi connectivity index (χ2v) is 10.9. The molecule has 1 aromatic rings. The monoisotopic (exact) mass is 661 g/mol. The molecule has 0 saturated carbocycles. The Morgan fingerprint density at radius 1 is 1.39 bits per heavy atom. The number of carboxylic acid groups (broad SMARTS) is 1. The maximum absolute atomic E-state index is 12.8. The second-order valence-electron chi connectivity index (χ2n) is 9.53. The van der Waals surface area contributed by atoms with E-state index in [0.29, 0.717) is 0 Å². The summed E-state index contributed by atoms with van der Waals surface area (Å²) in [7, 11) is -5.79. The first-order valence-corrected chi connectivity index (χ1v) is 13.7. The van der Waals surface area contributed by atoms with Crippen molar-refractivity contribution in [2.45, 2.75) is 74.1 Å². The number of nitrogens with zero attached hydrogens (tertiary/aromatic N) is 5. The molecular formula is C20H29N7NaO15P. The minimum absolute atomic E-state index is 0. The van der Waals surface area contributed by atoms with Crippen LogP contribution in [0.2, 0.25) is 0 Å². The predicted molar refractivity (Wildman–Crippen MR) is 133 cm³/mol. The summed E-state index contributed by atoms with van der Waals surface area (Å²) >= 11 is 0. The van der Waals surface area contributed by atoms with Crippen molar-refractivity contribution in [1.82, 2.24) is 14.9 Å². The van der Waals surface area contributed by atoms with Crippen LogP contribution in [0.3, 0.4) is 0 Å². The van der Waals surface area contributed by atoms with Crippen LogP contribution in [0.15, 0.2) is 22.2 Å². The number of anilines is 1. The molecule has 0 aromatic carbocycles. The summed E-state index contributed by atoms with van der Waals surface area (Å²) < 4.78 is 33.5. The number of nitrogens with two attached hydrogens (primary N) is 1. The maximum atomic E-state index is 12.8. The zero-order valence-corrected chi connectivity index (χ0v) is 26.0. The molecule has 2 aliphatic heterocycles. The molecule has 0 spiro atoms. The molecule has 1 aromatic heterocycles. The van der Waals surface area contributed by atoms with Gasteiger partial charge in [-0.05, 0) is 11.6 Å². The van der Waals surface area contributed by atoms with Gasteiger partial charge in [-0.2, -0.15) is 4.98 Å². The van der Waals surface area contributed by atoms with Crippen LogP contribution >= 0.6 is 7.82 Å². The third kappa shape index (κ3) is 8.72. The van der Waals surface area contributed by atoms with Crippen LogP contribution in [0.25, 0.3) is 10.4 Å². The van der Waals surface area contributed by atoms with Crippen molar-refractivity contribution in [3.8, 4) is 0 Å². The van der Waals surface area contributed by atoms with Crippen LogP contribution in [0, 0.1) is 0 Å². The largest absolute Gasteiger partial charge is 1.00 e. The van der Waals surface area contributed by atoms with E-state index in [9.17, 15) is 54.5 Å². The van der Waals surface area contributed by atoms with E-state index in [1.54, 1.807) is 0 Å². The molecule has 1 amide bonds. The number of nitrogen functional groups attached to an aromatic ring is 1. The van der Waals surface area contributed by atoms with Gasteiger partial charge in [0, 0.05) is 24.5 Å². The third-order valence-corrected chi connectivity index (χ3v) is 7.43. The van der Waals surface area contributed by atoms with Crippen molar-refractivity contribution in [1.29, 1.82) is 0 Å². The number of hydrogen-bond acceptors (Lipinski definition) is 17. The van der Waals surface area contributed by atoms with Crippen LogP contribution in [0.4, 0.5) is 5.82 Å². The number of aliphatic hydroxyl groups is 5. The van der Waals surface area contributed by atoms with E-state index < -0.39 is 106 Å². The summed E-state index contributed by atoms with van der Waals surface area (Å²) in [5.41, 5.74) is 12.9. The van der Waals surface area contributed by atoms with E-state index in [1.807, 2.05) is 0 Å². The minimum Gasteiger partial charge on any atom is -0.756 e. The standard InChI is InChI=1S/C20H30N7O15P.Na/c1-7(28)24-12-8(29)4-20(18(34)35,41-16(12)13(31)9(30)5-23-26-22)42-43(37,38)39-6-10-14(32)15(33)17(40-10)27-3-2-11(21)25-19(27)36;/h2-3,8-10,12-17,29-33H,4-6H2,1H3,(H,24,28)(H,34,35)(H,37,38)(H2,21,25,36);/q;+1/p-1/t8-,9+,10+,12+,13+,14?,15+,16-,17+,20+;/m0./s1. The number of azide groups is 1. The van der Waals surface area contributed by atoms with E-state index in [4.69, 9.17) is 20.7 Å². The molecule has 9 N–H and O–H groups in total. The Kier molecular flexibility index (Phi) is 13.2. The Labute approximate surface area is 268 Å². The first kappa shape index (κ1) is 37.9. The molecule has 24 heteroatoms. The van der Waals surface area contributed by atoms with Crippen LogP contribution in [0.1, 0.15) is 19.6 Å². The van der Waals surface area contributed by atoms with Crippen LogP contribution in [0.5, 0.6) is 0 Å². The van der Waals surface area contributed by atoms with Gasteiger partial charge in [0.2, 0.25) is 5.91 Å². The molecule has 2 aliphatic rings. The molecule has 240 valence electrons. The predicted octanol–water partition coefficient (Wildman–Crippen LogP) is -7.58. The SMILES string of the molecule is CC(=O)N[C@H]1[C@@H]([C@H](O)[C@H](O)CN=[N+]=[N-])O[C@](OP(=O)([O-])OC[C@H]2O[C@@H](n3ccc(N)nc3=O)[C@H](O)C2O)(C(=O)O)C[C@@H]1O.[Na+]. The molecule has 3 rings (SSSR count). The number of phosphoric ester groups is 1. The Hall–Kier alpha value is -2.24. The fourth-order valence-corrected chi connectivity index (χ4v) is 5.37. The van der Waals surface area contributed by atoms with Gasteiger partial charge in [0.05, 0.1) is 31.4 Å². The molecule has 22 nitrogen and oxygen atoms in total. The number of carbonyl (C=O) groups excluding carboxylic acids is 1. The number of rotatable bonds is 12. The van der Waals surface area contributed by atoms with E-state index in [-0.39, 0.29) is 35.4 Å². The van der Waals surface area contributed by atoms with Gasteiger partial charge in [0.25, 0.3) is 13.6 Å². The van der Waals surface area contributed by atoms with Crippen molar-refractivity contribution in [3.63, 3.8) is 0 Å². The van der Waals surface area contributed by atoms with Gasteiger partial charge < -0.3 is 60.6 Å². The number of nitrogens with one attached hydrogen (secondary N) is 1. The number of ether oxygens (including phenoxy) is 2. The van der Waals surface area contributed by atoms with Gasteiger partial charge in [-0.15, -0.1) is 0 Å². The van der Waals surface area contributed by atoms with Crippen molar-refractivity contribution in [2.75, 3.05) is 18.9 Å². The number of phosphoric acid groups is 1. The fourth-order valence-electron chi connectivity index (χ4n) is 4.43. The van der Waals surface area contributed by atoms with E-state index in [2.05, 4.69) is 29.4 Å². The number of aliphatic carboxylic acids is 1. The Balaban J connectivity index is 0.00000675. The normalized spacial score (nSPS) is 32.8. The molecule has 44 heavy (non-hydrogen) atoms. The number of aromatic nitrogens is 2. The van der Waals surface area contributed by atoms with Crippen LogP contribution < -0.4 is 51.2 Å². The van der Waals surface area contributed by atoms with Crippen LogP contribution in [-0.4, -0.2) is 120 Å². The zero-order valence-electron chi connectivity index (χ0n) is 23.1. The van der Waals surface area contributed by atoms with Gasteiger partial charge in [-0.25, -0.2) is 9.59 Å². The minimum atomic E-state index is -5.79. The summed E-state index contributed by atoms with van der Waals surface area (Å²) in [5, 5.41) is 67.1. The number of amides is 1. The first-order chi connectivity index (χ1) is 20.0. The number of aliphatic hydroxyl groups excluding tert-OH is 5. The van der Waals surface area contributed by atoms with Gasteiger partial charge in [-0.3, -0.25) is 18.5 Å². The smallest absolute Gasteiger partial charge is 0.756 e. The molecular weight excluding hydrogens is 632 g/mol. The molecule has 0 radical (unpaired) electrons. The van der Waals surface area contributed by atoms with E-state index >= 15 is 0 Å². The Morgan fingerprint density at radius 3 is 2.61 bits per heavy atom.